The van der Waals surface area contributed by atoms with Gasteiger partial charge in [-0.25, -0.2) is 0 Å². The van der Waals surface area contributed by atoms with Crippen molar-refractivity contribution in [2.45, 2.75) is 218 Å². The number of rotatable bonds is 39. The zero-order valence-electron chi connectivity index (χ0n) is 38.2. The third kappa shape index (κ3) is 32.9. The second-order valence-corrected chi connectivity index (χ2v) is 17.9. The molecule has 1 rings (SSSR count). The molecule has 2 unspecified atom stereocenters. The van der Waals surface area contributed by atoms with Gasteiger partial charge in [0.1, 0.15) is 36.8 Å². The summed E-state index contributed by atoms with van der Waals surface area (Å²) in [4.78, 5) is 25.4. The molecule has 6 atom stereocenters. The highest BCUT2D eigenvalue weighted by molar-refractivity contribution is 7.85. The van der Waals surface area contributed by atoms with Gasteiger partial charge in [0.25, 0.3) is 10.1 Å². The van der Waals surface area contributed by atoms with Crippen LogP contribution in [-0.2, 0) is 38.7 Å². The Bertz CT molecular complexity index is 1370. The maximum atomic E-state index is 12.8. The van der Waals surface area contributed by atoms with Gasteiger partial charge in [-0.1, -0.05) is 145 Å². The van der Waals surface area contributed by atoms with Gasteiger partial charge in [-0.2, -0.15) is 8.42 Å². The number of aliphatic hydroxyl groups is 3. The van der Waals surface area contributed by atoms with Crippen LogP contribution in [0, 0.1) is 0 Å². The molecule has 0 aromatic rings. The van der Waals surface area contributed by atoms with Crippen LogP contribution in [0.3, 0.4) is 0 Å². The van der Waals surface area contributed by atoms with Gasteiger partial charge in [0.2, 0.25) is 0 Å². The normalized spacial score (nSPS) is 20.4. The summed E-state index contributed by atoms with van der Waals surface area (Å²) in [6, 6.07) is 0. The second kappa shape index (κ2) is 38.8. The summed E-state index contributed by atoms with van der Waals surface area (Å²) in [7, 11) is -4.61. The van der Waals surface area contributed by atoms with Gasteiger partial charge in [-0.15, -0.1) is 0 Å². The number of carbonyl (C=O) groups is 2. The molecular weight excluding hydrogens is 813 g/mol. The molecular formula is C49H84O12S. The minimum atomic E-state index is -4.61. The number of ether oxygens (including phenoxy) is 4. The van der Waals surface area contributed by atoms with Crippen LogP contribution in [0.5, 0.6) is 0 Å². The first-order chi connectivity index (χ1) is 30.0. The Hall–Kier alpha value is -2.65. The van der Waals surface area contributed by atoms with E-state index in [0.29, 0.717) is 12.8 Å². The van der Waals surface area contributed by atoms with Crippen LogP contribution >= 0.6 is 0 Å². The number of allylic oxidation sites excluding steroid dienone is 10. The minimum absolute atomic E-state index is 0.135. The molecule has 358 valence electrons. The van der Waals surface area contributed by atoms with Crippen molar-refractivity contribution in [2.75, 3.05) is 19.0 Å². The fourth-order valence-electron chi connectivity index (χ4n) is 6.83. The molecule has 1 heterocycles. The van der Waals surface area contributed by atoms with E-state index in [1.54, 1.807) is 0 Å². The van der Waals surface area contributed by atoms with E-state index in [9.17, 15) is 37.9 Å². The molecule has 0 bridgehead atoms. The van der Waals surface area contributed by atoms with Crippen molar-refractivity contribution in [1.82, 2.24) is 0 Å². The van der Waals surface area contributed by atoms with E-state index in [1.165, 1.54) is 77.0 Å². The van der Waals surface area contributed by atoms with Gasteiger partial charge in [-0.3, -0.25) is 14.1 Å². The average molecular weight is 897 g/mol. The Labute approximate surface area is 375 Å². The number of unbranched alkanes of at least 4 members (excludes halogenated alkanes) is 17. The average Bonchev–Trinajstić information content (AvgIpc) is 3.24. The molecule has 0 radical (unpaired) electrons. The van der Waals surface area contributed by atoms with Gasteiger partial charge in [0.05, 0.1) is 6.61 Å². The van der Waals surface area contributed by atoms with Crippen LogP contribution in [0.25, 0.3) is 0 Å². The molecule has 0 spiro atoms. The molecule has 62 heavy (non-hydrogen) atoms. The second-order valence-electron chi connectivity index (χ2n) is 16.4. The first-order valence-corrected chi connectivity index (χ1v) is 25.5. The highest BCUT2D eigenvalue weighted by Gasteiger charge is 2.46. The third-order valence-corrected chi connectivity index (χ3v) is 11.3. The lowest BCUT2D eigenvalue weighted by molar-refractivity contribution is -0.297. The van der Waals surface area contributed by atoms with E-state index in [2.05, 4.69) is 74.6 Å². The zero-order chi connectivity index (χ0) is 45.5. The Morgan fingerprint density at radius 2 is 0.968 bits per heavy atom. The third-order valence-electron chi connectivity index (χ3n) is 10.6. The molecule has 0 saturated carbocycles. The van der Waals surface area contributed by atoms with Crippen molar-refractivity contribution >= 4 is 22.1 Å². The summed E-state index contributed by atoms with van der Waals surface area (Å²) in [6.45, 7) is 3.69. The molecule has 1 fully saturated rings. The van der Waals surface area contributed by atoms with Crippen molar-refractivity contribution in [1.29, 1.82) is 0 Å². The molecule has 1 saturated heterocycles. The van der Waals surface area contributed by atoms with Crippen molar-refractivity contribution < 1.29 is 56.8 Å². The number of aliphatic hydroxyl groups excluding tert-OH is 3. The molecule has 1 aliphatic heterocycles. The standard InChI is InChI=1S/C49H84O12S/c1-3-5-7-9-11-13-15-17-19-20-21-22-24-25-27-29-31-33-35-37-44(50)58-39-42(40-59-49-48(54)47(53)46(52)43(61-49)41-62(55,56)57)60-45(51)38-36-34-32-30-28-26-23-18-16-14-12-10-8-6-4-2/h11,13,17,19,21-22,25-28,42-43,46-49,52-54H,3-10,12,14-16,18,20,23-24,29-41H2,1-2H3,(H,55,56,57)/b13-11+,19-17+,22-21+,27-25+,28-26+/t42-,43-,46-,47?,48?,49+/m1/s1. The molecule has 0 aromatic carbocycles. The molecule has 0 amide bonds. The van der Waals surface area contributed by atoms with Crippen LogP contribution in [-0.4, -0.2) is 96.0 Å². The maximum absolute atomic E-state index is 12.8. The smallest absolute Gasteiger partial charge is 0.306 e. The van der Waals surface area contributed by atoms with Gasteiger partial charge >= 0.3 is 11.9 Å². The highest BCUT2D eigenvalue weighted by Crippen LogP contribution is 2.24. The monoisotopic (exact) mass is 897 g/mol. The first kappa shape index (κ1) is 57.4. The van der Waals surface area contributed by atoms with Crippen LogP contribution in [0.15, 0.2) is 60.8 Å². The Balaban J connectivity index is 2.46. The van der Waals surface area contributed by atoms with E-state index in [-0.39, 0.29) is 19.4 Å². The number of hydrogen-bond donors (Lipinski definition) is 4. The fourth-order valence-corrected chi connectivity index (χ4v) is 7.52. The lowest BCUT2D eigenvalue weighted by atomic mass is 10.00. The summed E-state index contributed by atoms with van der Waals surface area (Å²) < 4.78 is 54.1. The lowest BCUT2D eigenvalue weighted by Crippen LogP contribution is -2.60. The summed E-state index contributed by atoms with van der Waals surface area (Å²) in [5.74, 6) is -2.05. The number of hydrogen-bond acceptors (Lipinski definition) is 11. The largest absolute Gasteiger partial charge is 0.462 e. The van der Waals surface area contributed by atoms with Crippen molar-refractivity contribution in [3.05, 3.63) is 60.8 Å². The molecule has 4 N–H and O–H groups in total. The maximum Gasteiger partial charge on any atom is 0.306 e. The summed E-state index contributed by atoms with van der Waals surface area (Å²) >= 11 is 0. The van der Waals surface area contributed by atoms with E-state index < -0.39 is 71.2 Å². The van der Waals surface area contributed by atoms with Gasteiger partial charge in [0, 0.05) is 12.8 Å². The number of esters is 2. The zero-order valence-corrected chi connectivity index (χ0v) is 39.0. The van der Waals surface area contributed by atoms with Crippen LogP contribution in [0.4, 0.5) is 0 Å². The van der Waals surface area contributed by atoms with E-state index in [4.69, 9.17) is 18.9 Å². The van der Waals surface area contributed by atoms with Crippen LogP contribution in [0.1, 0.15) is 181 Å². The quantitative estimate of drug-likeness (QED) is 0.0198. The van der Waals surface area contributed by atoms with Crippen molar-refractivity contribution in [2.24, 2.45) is 0 Å². The topological polar surface area (TPSA) is 186 Å². The molecule has 0 aromatic heterocycles. The summed E-state index contributed by atoms with van der Waals surface area (Å²) in [6.07, 6.45) is 38.3. The van der Waals surface area contributed by atoms with Gasteiger partial charge < -0.3 is 34.3 Å². The first-order valence-electron chi connectivity index (χ1n) is 23.8. The molecule has 12 nitrogen and oxygen atoms in total. The van der Waals surface area contributed by atoms with E-state index in [0.717, 1.165) is 64.2 Å². The Morgan fingerprint density at radius 3 is 1.48 bits per heavy atom. The Kier molecular flexibility index (Phi) is 35.9. The van der Waals surface area contributed by atoms with Gasteiger partial charge in [-0.05, 0) is 83.5 Å². The van der Waals surface area contributed by atoms with Gasteiger partial charge in [0.15, 0.2) is 12.4 Å². The van der Waals surface area contributed by atoms with Crippen LogP contribution < -0.4 is 0 Å². The SMILES string of the molecule is CCCCC/C=C/C/C=C/C/C=C/C/C=C/CCCCCC(=O)OC[C@H](CO[C@H]1O[C@H](CS(=O)(=O)O)[C@@H](O)C(O)C1O)OC(=O)CCCCC/C=C/CCCCCCCCCC. The molecule has 13 heteroatoms. The predicted octanol–water partition coefficient (Wildman–Crippen LogP) is 10.1. The van der Waals surface area contributed by atoms with Crippen LogP contribution in [0.2, 0.25) is 0 Å². The van der Waals surface area contributed by atoms with Crippen molar-refractivity contribution in [3.63, 3.8) is 0 Å². The predicted molar refractivity (Wildman–Crippen MR) is 247 cm³/mol. The molecule has 1 aliphatic rings. The highest BCUT2D eigenvalue weighted by atomic mass is 32.2. The molecule has 0 aliphatic carbocycles. The number of carbonyl (C=O) groups excluding carboxylic acids is 2. The van der Waals surface area contributed by atoms with Crippen molar-refractivity contribution in [3.8, 4) is 0 Å². The Morgan fingerprint density at radius 1 is 0.548 bits per heavy atom. The van der Waals surface area contributed by atoms with E-state index >= 15 is 0 Å². The minimum Gasteiger partial charge on any atom is -0.462 e. The summed E-state index contributed by atoms with van der Waals surface area (Å²) in [5.41, 5.74) is 0. The van der Waals surface area contributed by atoms with E-state index in [1.807, 2.05) is 0 Å². The summed E-state index contributed by atoms with van der Waals surface area (Å²) in [5, 5.41) is 30.9. The fraction of sp³-hybridized carbons (Fsp3) is 0.755. The lowest BCUT2D eigenvalue weighted by Gasteiger charge is -2.40.